The van der Waals surface area contributed by atoms with E-state index in [1.54, 1.807) is 4.68 Å². The highest BCUT2D eigenvalue weighted by Crippen LogP contribution is 2.26. The van der Waals surface area contributed by atoms with Crippen molar-refractivity contribution in [3.8, 4) is 17.2 Å². The van der Waals surface area contributed by atoms with Crippen molar-refractivity contribution in [2.24, 2.45) is 0 Å². The van der Waals surface area contributed by atoms with Gasteiger partial charge >= 0.3 is 0 Å². The second-order valence-electron chi connectivity index (χ2n) is 7.40. The van der Waals surface area contributed by atoms with E-state index in [-0.39, 0.29) is 29.4 Å². The van der Waals surface area contributed by atoms with Crippen LogP contribution < -0.4 is 4.90 Å². The largest absolute Gasteiger partial charge is 0.354 e. The van der Waals surface area contributed by atoms with Crippen LogP contribution in [-0.2, 0) is 10.0 Å². The third-order valence-electron chi connectivity index (χ3n) is 5.32. The van der Waals surface area contributed by atoms with Crippen LogP contribution >= 0.6 is 0 Å². The summed E-state index contributed by atoms with van der Waals surface area (Å²) in [5, 5.41) is 17.5. The minimum Gasteiger partial charge on any atom is -0.354 e. The number of aryl methyl sites for hydroxylation is 1. The van der Waals surface area contributed by atoms with Crippen LogP contribution in [0.15, 0.2) is 47.8 Å². The third-order valence-corrected chi connectivity index (χ3v) is 7.21. The maximum atomic E-state index is 14.2. The summed E-state index contributed by atoms with van der Waals surface area (Å²) in [6.45, 7) is 3.26. The first-order chi connectivity index (χ1) is 15.9. The zero-order valence-corrected chi connectivity index (χ0v) is 18.3. The van der Waals surface area contributed by atoms with Gasteiger partial charge in [-0.25, -0.2) is 27.5 Å². The lowest BCUT2D eigenvalue weighted by molar-refractivity contribution is 0.383. The molecule has 0 amide bonds. The number of hydrogen-bond donors (Lipinski definition) is 1. The number of rotatable bonds is 5. The number of halogens is 1. The van der Waals surface area contributed by atoms with Gasteiger partial charge in [0, 0.05) is 38.4 Å². The predicted molar refractivity (Wildman–Crippen MR) is 114 cm³/mol. The average molecular weight is 470 g/mol. The molecule has 12 nitrogen and oxygen atoms in total. The first-order valence-electron chi connectivity index (χ1n) is 10.0. The molecule has 0 saturated carbocycles. The molecule has 1 aromatic carbocycles. The number of benzene rings is 1. The molecule has 33 heavy (non-hydrogen) atoms. The number of aromatic amines is 1. The lowest BCUT2D eigenvalue weighted by atomic mass is 10.2. The Morgan fingerprint density at radius 3 is 2.52 bits per heavy atom. The number of nitrogens with one attached hydrogen (secondary N) is 1. The fraction of sp³-hybridized carbons (Fsp3) is 0.263. The zero-order chi connectivity index (χ0) is 23.0. The number of sulfonamides is 1. The summed E-state index contributed by atoms with van der Waals surface area (Å²) in [4.78, 5) is 10.5. The van der Waals surface area contributed by atoms with Crippen LogP contribution in [-0.4, -0.2) is 79.3 Å². The first kappa shape index (κ1) is 21.1. The van der Waals surface area contributed by atoms with Gasteiger partial charge in [-0.15, -0.1) is 10.2 Å². The molecular formula is C19H19FN10O2S. The molecule has 4 aromatic rings. The van der Waals surface area contributed by atoms with E-state index >= 15 is 0 Å². The van der Waals surface area contributed by atoms with E-state index < -0.39 is 15.8 Å². The Labute approximate surface area is 188 Å². The second-order valence-corrected chi connectivity index (χ2v) is 9.34. The van der Waals surface area contributed by atoms with Gasteiger partial charge < -0.3 is 4.90 Å². The monoisotopic (exact) mass is 470 g/mol. The molecule has 0 unspecified atom stereocenters. The molecule has 0 spiro atoms. The Bertz CT molecular complexity index is 1380. The molecule has 0 bridgehead atoms. The smallest absolute Gasteiger partial charge is 0.243 e. The topological polar surface area (TPSA) is 139 Å². The molecule has 1 aliphatic rings. The zero-order valence-electron chi connectivity index (χ0n) is 17.5. The quantitative estimate of drug-likeness (QED) is 0.449. The Balaban J connectivity index is 1.33. The van der Waals surface area contributed by atoms with E-state index in [0.717, 1.165) is 11.8 Å². The van der Waals surface area contributed by atoms with Crippen LogP contribution in [0.3, 0.4) is 0 Å². The summed E-state index contributed by atoms with van der Waals surface area (Å²) >= 11 is 0. The molecule has 4 heterocycles. The van der Waals surface area contributed by atoms with E-state index in [9.17, 15) is 12.8 Å². The fourth-order valence-electron chi connectivity index (χ4n) is 3.60. The van der Waals surface area contributed by atoms with Crippen LogP contribution in [0.25, 0.3) is 17.2 Å². The molecule has 14 heteroatoms. The fourth-order valence-corrected chi connectivity index (χ4v) is 5.05. The standard InChI is InChI=1S/C19H19FN10O2S/c1-13-4-5-30(25-13)18-11-17(21-12-22-18)28-6-8-29(9-7-28)33(31,32)14-2-3-16(20)15(10-14)19-23-26-27-24-19/h2-5,10-12H,6-9H2,1H3,(H,23,24,26,27). The van der Waals surface area contributed by atoms with Crippen molar-refractivity contribution in [1.29, 1.82) is 0 Å². The van der Waals surface area contributed by atoms with Crippen molar-refractivity contribution in [2.45, 2.75) is 11.8 Å². The summed E-state index contributed by atoms with van der Waals surface area (Å²) in [5.74, 6) is 0.670. The van der Waals surface area contributed by atoms with Crippen molar-refractivity contribution in [1.82, 2.24) is 44.7 Å². The van der Waals surface area contributed by atoms with Gasteiger partial charge in [-0.3, -0.25) is 0 Å². The molecule has 1 aliphatic heterocycles. The van der Waals surface area contributed by atoms with Crippen molar-refractivity contribution < 1.29 is 12.8 Å². The van der Waals surface area contributed by atoms with Crippen LogP contribution in [0.1, 0.15) is 5.69 Å². The van der Waals surface area contributed by atoms with Gasteiger partial charge in [0.25, 0.3) is 0 Å². The maximum absolute atomic E-state index is 14.2. The van der Waals surface area contributed by atoms with Gasteiger partial charge in [-0.2, -0.15) is 14.6 Å². The van der Waals surface area contributed by atoms with Crippen LogP contribution in [0.2, 0.25) is 0 Å². The minimum absolute atomic E-state index is 0.0127. The lowest BCUT2D eigenvalue weighted by Gasteiger charge is -2.34. The molecule has 1 N–H and O–H groups in total. The highest BCUT2D eigenvalue weighted by Gasteiger charge is 2.30. The highest BCUT2D eigenvalue weighted by atomic mass is 32.2. The summed E-state index contributed by atoms with van der Waals surface area (Å²) in [6, 6.07) is 7.25. The number of hydrogen-bond acceptors (Lipinski definition) is 9. The molecule has 170 valence electrons. The van der Waals surface area contributed by atoms with Crippen molar-refractivity contribution >= 4 is 15.8 Å². The molecule has 0 radical (unpaired) electrons. The van der Waals surface area contributed by atoms with E-state index in [0.29, 0.717) is 24.7 Å². The minimum atomic E-state index is -3.84. The van der Waals surface area contributed by atoms with E-state index in [1.165, 1.54) is 22.8 Å². The van der Waals surface area contributed by atoms with Gasteiger partial charge in [-0.05, 0) is 36.4 Å². The average Bonchev–Trinajstić information content (AvgIpc) is 3.52. The Morgan fingerprint density at radius 1 is 1.03 bits per heavy atom. The van der Waals surface area contributed by atoms with Gasteiger partial charge in [0.1, 0.15) is 18.0 Å². The number of anilines is 1. The number of nitrogens with zero attached hydrogens (tertiary/aromatic N) is 9. The van der Waals surface area contributed by atoms with Gasteiger partial charge in [0.15, 0.2) is 5.82 Å². The molecule has 1 saturated heterocycles. The first-order valence-corrected chi connectivity index (χ1v) is 11.5. The number of aromatic nitrogens is 8. The Morgan fingerprint density at radius 2 is 1.82 bits per heavy atom. The third kappa shape index (κ3) is 4.05. The molecule has 1 fully saturated rings. The summed E-state index contributed by atoms with van der Waals surface area (Å²) in [6.07, 6.45) is 3.28. The van der Waals surface area contributed by atoms with Gasteiger partial charge in [0.05, 0.1) is 16.2 Å². The summed E-state index contributed by atoms with van der Waals surface area (Å²) in [7, 11) is -3.84. The molecule has 3 aromatic heterocycles. The highest BCUT2D eigenvalue weighted by molar-refractivity contribution is 7.89. The number of tetrazole rings is 1. The molecule has 0 atom stereocenters. The molecular weight excluding hydrogens is 451 g/mol. The van der Waals surface area contributed by atoms with Gasteiger partial charge in [-0.1, -0.05) is 0 Å². The normalized spacial score (nSPS) is 15.2. The number of H-pyrrole nitrogens is 1. The summed E-state index contributed by atoms with van der Waals surface area (Å²) in [5.41, 5.74) is 0.836. The number of piperazine rings is 1. The molecule has 5 rings (SSSR count). The lowest BCUT2D eigenvalue weighted by Crippen LogP contribution is -2.49. The SMILES string of the molecule is Cc1ccn(-c2cc(N3CCN(S(=O)(=O)c4ccc(F)c(-c5nn[nH]n5)c4)CC3)ncn2)n1. The van der Waals surface area contributed by atoms with Gasteiger partial charge in [0.2, 0.25) is 15.8 Å². The van der Waals surface area contributed by atoms with Crippen LogP contribution in [0.5, 0.6) is 0 Å². The van der Waals surface area contributed by atoms with Crippen molar-refractivity contribution in [3.63, 3.8) is 0 Å². The maximum Gasteiger partial charge on any atom is 0.243 e. The molecule has 0 aliphatic carbocycles. The van der Waals surface area contributed by atoms with E-state index in [4.69, 9.17) is 0 Å². The van der Waals surface area contributed by atoms with Crippen molar-refractivity contribution in [3.05, 3.63) is 54.4 Å². The predicted octanol–water partition coefficient (Wildman–Crippen LogP) is 0.801. The summed E-state index contributed by atoms with van der Waals surface area (Å²) < 4.78 is 43.6. The van der Waals surface area contributed by atoms with E-state index in [2.05, 4.69) is 35.7 Å². The van der Waals surface area contributed by atoms with E-state index in [1.807, 2.05) is 30.2 Å². The van der Waals surface area contributed by atoms with Crippen molar-refractivity contribution in [2.75, 3.05) is 31.1 Å². The van der Waals surface area contributed by atoms with Crippen LogP contribution in [0, 0.1) is 12.7 Å². The van der Waals surface area contributed by atoms with Crippen LogP contribution in [0.4, 0.5) is 10.2 Å². The Kier molecular flexibility index (Phi) is 5.30. The Hall–Kier alpha value is -3.78. The second kappa shape index (κ2) is 8.29.